The third-order valence-corrected chi connectivity index (χ3v) is 7.75. The normalized spacial score (nSPS) is 12.8. The Bertz CT molecular complexity index is 1580. The summed E-state index contributed by atoms with van der Waals surface area (Å²) in [7, 11) is -0.905. The van der Waals surface area contributed by atoms with Crippen LogP contribution in [0.3, 0.4) is 0 Å². The molecule has 0 amide bonds. The van der Waals surface area contributed by atoms with E-state index in [0.717, 1.165) is 0 Å². The maximum Gasteiger partial charge on any atom is 0.252 e. The van der Waals surface area contributed by atoms with Gasteiger partial charge in [-0.25, -0.2) is 8.42 Å². The van der Waals surface area contributed by atoms with Crippen LogP contribution in [0, 0.1) is 0 Å². The zero-order valence-corrected chi connectivity index (χ0v) is 20.5. The Hall–Kier alpha value is -4.02. The number of sulfonamides is 1. The van der Waals surface area contributed by atoms with Gasteiger partial charge in [-0.3, -0.25) is 4.79 Å². The average Bonchev–Trinajstić information content (AvgIpc) is 3.36. The first kappa shape index (κ1) is 23.7. The first-order valence-corrected chi connectivity index (χ1v) is 12.5. The number of aromatic nitrogens is 1. The molecule has 0 unspecified atom stereocenters. The molecular weight excluding hydrogens is 484 g/mol. The van der Waals surface area contributed by atoms with Crippen LogP contribution in [-0.4, -0.2) is 38.7 Å². The van der Waals surface area contributed by atoms with Crippen molar-refractivity contribution in [3.8, 4) is 23.0 Å². The monoisotopic (exact) mass is 508 g/mol. The molecule has 0 bridgehead atoms. The lowest BCUT2D eigenvalue weighted by Crippen LogP contribution is -2.32. The van der Waals surface area contributed by atoms with E-state index in [2.05, 4.69) is 4.98 Å². The molecule has 3 aromatic carbocycles. The standard InChI is InChI=1S/C26H24N2O7S/c1-32-23-12-18-11-19(26(29)27-21(18)13-24(23)33-2)15-28(36(30,31)20-6-4-3-5-7-20)14-17-8-9-22-25(10-17)35-16-34-22/h3-13H,14-16H2,1-2H3,(H,27,29). The molecule has 0 aliphatic carbocycles. The van der Waals surface area contributed by atoms with Crippen molar-refractivity contribution >= 4 is 20.9 Å². The molecule has 5 rings (SSSR count). The SMILES string of the molecule is COc1cc2cc(CN(Cc3ccc4c(c3)OCO4)S(=O)(=O)c3ccccc3)c(=O)[nH]c2cc1OC. The lowest BCUT2D eigenvalue weighted by atomic mass is 10.1. The predicted molar refractivity (Wildman–Crippen MR) is 133 cm³/mol. The van der Waals surface area contributed by atoms with Crippen LogP contribution in [0.2, 0.25) is 0 Å². The number of fused-ring (bicyclic) bond motifs is 2. The number of rotatable bonds is 8. The predicted octanol–water partition coefficient (Wildman–Crippen LogP) is 3.67. The summed E-state index contributed by atoms with van der Waals surface area (Å²) in [4.78, 5) is 16.0. The van der Waals surface area contributed by atoms with Gasteiger partial charge in [0, 0.05) is 30.1 Å². The molecule has 0 atom stereocenters. The van der Waals surface area contributed by atoms with Crippen LogP contribution >= 0.6 is 0 Å². The Morgan fingerprint density at radius 2 is 1.61 bits per heavy atom. The summed E-state index contributed by atoms with van der Waals surface area (Å²) in [5, 5.41) is 0.683. The van der Waals surface area contributed by atoms with Crippen molar-refractivity contribution in [3.63, 3.8) is 0 Å². The second-order valence-corrected chi connectivity index (χ2v) is 10.1. The maximum atomic E-state index is 13.7. The van der Waals surface area contributed by atoms with E-state index in [1.165, 1.54) is 30.7 Å². The van der Waals surface area contributed by atoms with E-state index in [1.54, 1.807) is 54.6 Å². The average molecular weight is 509 g/mol. The van der Waals surface area contributed by atoms with Gasteiger partial charge in [-0.2, -0.15) is 4.31 Å². The highest BCUT2D eigenvalue weighted by Gasteiger charge is 2.27. The Labute approximate surface area is 207 Å². The topological polar surface area (TPSA) is 107 Å². The summed E-state index contributed by atoms with van der Waals surface area (Å²) < 4.78 is 50.1. The fourth-order valence-corrected chi connectivity index (χ4v) is 5.52. The Kier molecular flexibility index (Phi) is 6.29. The van der Waals surface area contributed by atoms with Crippen LogP contribution in [0.15, 0.2) is 76.4 Å². The van der Waals surface area contributed by atoms with E-state index in [0.29, 0.717) is 39.5 Å². The maximum absolute atomic E-state index is 13.7. The molecular formula is C26H24N2O7S. The van der Waals surface area contributed by atoms with Gasteiger partial charge >= 0.3 is 0 Å². The summed E-state index contributed by atoms with van der Waals surface area (Å²) in [5.41, 5.74) is 1.14. The van der Waals surface area contributed by atoms with Crippen LogP contribution in [-0.2, 0) is 23.1 Å². The molecule has 0 saturated carbocycles. The van der Waals surface area contributed by atoms with E-state index in [4.69, 9.17) is 18.9 Å². The van der Waals surface area contributed by atoms with Gasteiger partial charge in [-0.1, -0.05) is 24.3 Å². The number of hydrogen-bond donors (Lipinski definition) is 1. The third-order valence-electron chi connectivity index (χ3n) is 5.95. The highest BCUT2D eigenvalue weighted by Crippen LogP contribution is 2.34. The van der Waals surface area contributed by atoms with Crippen molar-refractivity contribution in [2.45, 2.75) is 18.0 Å². The van der Waals surface area contributed by atoms with Gasteiger partial charge in [-0.15, -0.1) is 0 Å². The second-order valence-electron chi connectivity index (χ2n) is 8.19. The molecule has 0 saturated heterocycles. The highest BCUT2D eigenvalue weighted by molar-refractivity contribution is 7.89. The molecule has 0 fully saturated rings. The lowest BCUT2D eigenvalue weighted by Gasteiger charge is -2.22. The molecule has 1 N–H and O–H groups in total. The van der Waals surface area contributed by atoms with Gasteiger partial charge in [0.15, 0.2) is 23.0 Å². The fraction of sp³-hybridized carbons (Fsp3) is 0.192. The number of methoxy groups -OCH3 is 2. The third kappa shape index (κ3) is 4.48. The van der Waals surface area contributed by atoms with Crippen LogP contribution in [0.1, 0.15) is 11.1 Å². The van der Waals surface area contributed by atoms with Gasteiger partial charge in [0.05, 0.1) is 24.6 Å². The van der Waals surface area contributed by atoms with Crippen molar-refractivity contribution in [2.24, 2.45) is 0 Å². The van der Waals surface area contributed by atoms with Crippen molar-refractivity contribution in [2.75, 3.05) is 21.0 Å². The highest BCUT2D eigenvalue weighted by atomic mass is 32.2. The van der Waals surface area contributed by atoms with Crippen molar-refractivity contribution in [1.29, 1.82) is 0 Å². The van der Waals surface area contributed by atoms with Gasteiger partial charge in [0.1, 0.15) is 0 Å². The molecule has 1 aliphatic rings. The summed E-state index contributed by atoms with van der Waals surface area (Å²) >= 11 is 0. The smallest absolute Gasteiger partial charge is 0.252 e. The summed E-state index contributed by atoms with van der Waals surface area (Å²) in [5.74, 6) is 2.13. The molecule has 10 heteroatoms. The van der Waals surface area contributed by atoms with Crippen LogP contribution in [0.5, 0.6) is 23.0 Å². The molecule has 0 spiro atoms. The number of hydrogen-bond acceptors (Lipinski definition) is 7. The van der Waals surface area contributed by atoms with Crippen LogP contribution in [0.4, 0.5) is 0 Å². The van der Waals surface area contributed by atoms with Crippen LogP contribution in [0.25, 0.3) is 10.9 Å². The number of nitrogens with zero attached hydrogens (tertiary/aromatic N) is 1. The van der Waals surface area contributed by atoms with Gasteiger partial charge in [0.2, 0.25) is 16.8 Å². The van der Waals surface area contributed by atoms with Gasteiger partial charge < -0.3 is 23.9 Å². The minimum atomic E-state index is -3.94. The summed E-state index contributed by atoms with van der Waals surface area (Å²) in [6.45, 7) is -0.00586. The Balaban J connectivity index is 1.56. The number of ether oxygens (including phenoxy) is 4. The molecule has 1 aromatic heterocycles. The summed E-state index contributed by atoms with van der Waals surface area (Å²) in [6, 6.07) is 18.5. The fourth-order valence-electron chi connectivity index (χ4n) is 4.10. The number of aromatic amines is 1. The molecule has 9 nitrogen and oxygen atoms in total. The van der Waals surface area contributed by atoms with Crippen molar-refractivity contribution in [3.05, 3.63) is 88.2 Å². The zero-order valence-electron chi connectivity index (χ0n) is 19.7. The molecule has 2 heterocycles. The van der Waals surface area contributed by atoms with Gasteiger partial charge in [0.25, 0.3) is 5.56 Å². The van der Waals surface area contributed by atoms with E-state index in [9.17, 15) is 13.2 Å². The molecule has 36 heavy (non-hydrogen) atoms. The molecule has 186 valence electrons. The summed E-state index contributed by atoms with van der Waals surface area (Å²) in [6.07, 6.45) is 0. The van der Waals surface area contributed by atoms with Crippen molar-refractivity contribution < 1.29 is 27.4 Å². The van der Waals surface area contributed by atoms with Crippen LogP contribution < -0.4 is 24.5 Å². The lowest BCUT2D eigenvalue weighted by molar-refractivity contribution is 0.174. The zero-order chi connectivity index (χ0) is 25.3. The first-order chi connectivity index (χ1) is 17.4. The number of pyridine rings is 1. The molecule has 1 aliphatic heterocycles. The number of benzene rings is 3. The van der Waals surface area contributed by atoms with E-state index in [-0.39, 0.29) is 30.3 Å². The number of H-pyrrole nitrogens is 1. The molecule has 0 radical (unpaired) electrons. The largest absolute Gasteiger partial charge is 0.493 e. The minimum absolute atomic E-state index is 0.0251. The van der Waals surface area contributed by atoms with E-state index < -0.39 is 15.6 Å². The quantitative estimate of drug-likeness (QED) is 0.387. The van der Waals surface area contributed by atoms with E-state index in [1.807, 2.05) is 0 Å². The number of nitrogens with one attached hydrogen (secondary N) is 1. The van der Waals surface area contributed by atoms with E-state index >= 15 is 0 Å². The van der Waals surface area contributed by atoms with Crippen molar-refractivity contribution in [1.82, 2.24) is 9.29 Å². The Morgan fingerprint density at radius 1 is 0.889 bits per heavy atom. The second kappa shape index (κ2) is 9.56. The van der Waals surface area contributed by atoms with Gasteiger partial charge in [-0.05, 0) is 42.0 Å². The molecule has 4 aromatic rings. The first-order valence-electron chi connectivity index (χ1n) is 11.1. The Morgan fingerprint density at radius 3 is 2.36 bits per heavy atom. The minimum Gasteiger partial charge on any atom is -0.493 e.